The second-order valence-electron chi connectivity index (χ2n) is 3.61. The zero-order chi connectivity index (χ0) is 8.74. The Morgan fingerprint density at radius 2 is 2.00 bits per heavy atom. The molecule has 0 atom stereocenters. The highest BCUT2D eigenvalue weighted by Gasteiger charge is 2.06. The molecule has 0 aliphatic rings. The first-order valence-electron chi connectivity index (χ1n) is 4.00. The number of rotatable bonds is 3. The molecule has 0 rings (SSSR count). The van der Waals surface area contributed by atoms with Crippen LogP contribution in [-0.2, 0) is 4.79 Å². The Morgan fingerprint density at radius 1 is 1.36 bits per heavy atom. The molecular formula is C9H16OSi. The Morgan fingerprint density at radius 3 is 2.45 bits per heavy atom. The second-order valence-corrected chi connectivity index (χ2v) is 8.36. The summed E-state index contributed by atoms with van der Waals surface area (Å²) < 4.78 is 0. The lowest BCUT2D eigenvalue weighted by Crippen LogP contribution is -2.16. The van der Waals surface area contributed by atoms with E-state index in [1.165, 1.54) is 0 Å². The van der Waals surface area contributed by atoms with E-state index in [2.05, 4.69) is 31.1 Å². The Kier molecular flexibility index (Phi) is 4.89. The molecule has 0 bridgehead atoms. The highest BCUT2D eigenvalue weighted by atomic mass is 28.3. The van der Waals surface area contributed by atoms with Gasteiger partial charge in [-0.25, -0.2) is 0 Å². The maximum Gasteiger partial charge on any atom is 0.129 e. The van der Waals surface area contributed by atoms with Crippen molar-refractivity contribution >= 4 is 14.4 Å². The van der Waals surface area contributed by atoms with Crippen LogP contribution in [0.25, 0.3) is 0 Å². The summed E-state index contributed by atoms with van der Waals surface area (Å²) >= 11 is 0. The molecule has 0 saturated heterocycles. The van der Waals surface area contributed by atoms with E-state index in [1.807, 2.05) is 0 Å². The minimum absolute atomic E-state index is 0.653. The molecule has 0 radical (unpaired) electrons. The maximum absolute atomic E-state index is 9.93. The molecular weight excluding hydrogens is 152 g/mol. The summed E-state index contributed by atoms with van der Waals surface area (Å²) in [5.41, 5.74) is 3.25. The van der Waals surface area contributed by atoms with Gasteiger partial charge in [-0.2, -0.15) is 0 Å². The van der Waals surface area contributed by atoms with Gasteiger partial charge in [-0.3, -0.25) is 0 Å². The maximum atomic E-state index is 9.93. The highest BCUT2D eigenvalue weighted by molar-refractivity contribution is 6.83. The number of hydrogen-bond acceptors (Lipinski definition) is 1. The van der Waals surface area contributed by atoms with Crippen molar-refractivity contribution < 1.29 is 4.79 Å². The minimum atomic E-state index is -1.17. The number of carbonyl (C=O) groups is 1. The highest BCUT2D eigenvalue weighted by Crippen LogP contribution is 1.97. The van der Waals surface area contributed by atoms with Crippen LogP contribution in [0.3, 0.4) is 0 Å². The molecule has 0 heterocycles. The van der Waals surface area contributed by atoms with Crippen LogP contribution in [-0.4, -0.2) is 14.4 Å². The van der Waals surface area contributed by atoms with Gasteiger partial charge in [0.2, 0.25) is 0 Å². The van der Waals surface area contributed by atoms with Gasteiger partial charge in [0.05, 0.1) is 0 Å². The smallest absolute Gasteiger partial charge is 0.129 e. The van der Waals surface area contributed by atoms with Crippen molar-refractivity contribution in [1.29, 1.82) is 0 Å². The molecule has 62 valence electrons. The van der Waals surface area contributed by atoms with Crippen LogP contribution in [0.2, 0.25) is 19.6 Å². The summed E-state index contributed by atoms with van der Waals surface area (Å²) in [6.07, 6.45) is 3.40. The lowest BCUT2D eigenvalue weighted by molar-refractivity contribution is -0.107. The van der Waals surface area contributed by atoms with Crippen LogP contribution in [0, 0.1) is 11.5 Å². The van der Waals surface area contributed by atoms with E-state index in [1.54, 1.807) is 0 Å². The second kappa shape index (κ2) is 5.14. The van der Waals surface area contributed by atoms with Gasteiger partial charge in [-0.05, 0) is 6.42 Å². The summed E-state index contributed by atoms with van der Waals surface area (Å²) in [4.78, 5) is 9.93. The normalized spacial score (nSPS) is 10.1. The fourth-order valence-electron chi connectivity index (χ4n) is 0.601. The van der Waals surface area contributed by atoms with E-state index >= 15 is 0 Å². The van der Waals surface area contributed by atoms with Crippen molar-refractivity contribution in [3.05, 3.63) is 0 Å². The van der Waals surface area contributed by atoms with Crippen LogP contribution < -0.4 is 0 Å². The lowest BCUT2D eigenvalue weighted by atomic mass is 10.3. The van der Waals surface area contributed by atoms with E-state index in [4.69, 9.17) is 0 Å². The lowest BCUT2D eigenvalue weighted by Gasteiger charge is -2.02. The summed E-state index contributed by atoms with van der Waals surface area (Å²) in [7, 11) is -1.17. The van der Waals surface area contributed by atoms with E-state index < -0.39 is 8.07 Å². The molecule has 0 aromatic carbocycles. The Balaban J connectivity index is 3.48. The third-order valence-corrected chi connectivity index (χ3v) is 2.01. The molecule has 0 saturated carbocycles. The van der Waals surface area contributed by atoms with E-state index in [0.717, 1.165) is 19.1 Å². The average Bonchev–Trinajstić information content (AvgIpc) is 1.85. The Hall–Kier alpha value is -0.553. The predicted molar refractivity (Wildman–Crippen MR) is 51.0 cm³/mol. The Labute approximate surface area is 70.2 Å². The van der Waals surface area contributed by atoms with Gasteiger partial charge in [-0.1, -0.05) is 19.6 Å². The Bertz CT molecular complexity index is 168. The van der Waals surface area contributed by atoms with Crippen molar-refractivity contribution in [2.75, 3.05) is 0 Å². The van der Waals surface area contributed by atoms with Crippen LogP contribution in [0.5, 0.6) is 0 Å². The number of hydrogen-bond donors (Lipinski definition) is 0. The van der Waals surface area contributed by atoms with Gasteiger partial charge >= 0.3 is 0 Å². The largest absolute Gasteiger partial charge is 0.303 e. The molecule has 11 heavy (non-hydrogen) atoms. The standard InChI is InChI=1S/C9H16OSi/c1-11(2,3)9-7-5-4-6-8-10/h8H,4-6H2,1-3H3. The van der Waals surface area contributed by atoms with E-state index in [9.17, 15) is 4.79 Å². The third-order valence-electron chi connectivity index (χ3n) is 1.09. The van der Waals surface area contributed by atoms with Crippen molar-refractivity contribution in [3.8, 4) is 11.5 Å². The SMILES string of the molecule is C[Si](C)(C)C#CCCCC=O. The van der Waals surface area contributed by atoms with Crippen molar-refractivity contribution in [1.82, 2.24) is 0 Å². The van der Waals surface area contributed by atoms with E-state index in [-0.39, 0.29) is 0 Å². The summed E-state index contributed by atoms with van der Waals surface area (Å²) in [5, 5.41) is 0. The molecule has 0 amide bonds. The first-order chi connectivity index (χ1) is 5.06. The molecule has 0 aromatic rings. The first-order valence-corrected chi connectivity index (χ1v) is 7.50. The van der Waals surface area contributed by atoms with Crippen molar-refractivity contribution in [2.24, 2.45) is 0 Å². The van der Waals surface area contributed by atoms with Crippen LogP contribution in [0.1, 0.15) is 19.3 Å². The number of unbranched alkanes of at least 4 members (excludes halogenated alkanes) is 2. The van der Waals surface area contributed by atoms with Crippen molar-refractivity contribution in [3.63, 3.8) is 0 Å². The first kappa shape index (κ1) is 10.4. The molecule has 0 N–H and O–H groups in total. The van der Waals surface area contributed by atoms with Gasteiger partial charge in [0.1, 0.15) is 14.4 Å². The van der Waals surface area contributed by atoms with Crippen LogP contribution >= 0.6 is 0 Å². The topological polar surface area (TPSA) is 17.1 Å². The van der Waals surface area contributed by atoms with Gasteiger partial charge in [-0.15, -0.1) is 11.5 Å². The average molecular weight is 168 g/mol. The summed E-state index contributed by atoms with van der Waals surface area (Å²) in [6.45, 7) is 6.67. The van der Waals surface area contributed by atoms with Crippen LogP contribution in [0.4, 0.5) is 0 Å². The van der Waals surface area contributed by atoms with Gasteiger partial charge < -0.3 is 4.79 Å². The summed E-state index contributed by atoms with van der Waals surface area (Å²) in [6, 6.07) is 0. The summed E-state index contributed by atoms with van der Waals surface area (Å²) in [5.74, 6) is 3.11. The third kappa shape index (κ3) is 9.45. The molecule has 0 spiro atoms. The molecule has 0 aliphatic heterocycles. The fourth-order valence-corrected chi connectivity index (χ4v) is 1.26. The zero-order valence-electron chi connectivity index (χ0n) is 7.61. The zero-order valence-corrected chi connectivity index (χ0v) is 8.61. The minimum Gasteiger partial charge on any atom is -0.303 e. The van der Waals surface area contributed by atoms with Gasteiger partial charge in [0.25, 0.3) is 0 Å². The monoisotopic (exact) mass is 168 g/mol. The van der Waals surface area contributed by atoms with Gasteiger partial charge in [0.15, 0.2) is 0 Å². The molecule has 0 aromatic heterocycles. The molecule has 0 fully saturated rings. The molecule has 0 unspecified atom stereocenters. The van der Waals surface area contributed by atoms with E-state index in [0.29, 0.717) is 6.42 Å². The molecule has 0 aliphatic carbocycles. The molecule has 1 nitrogen and oxygen atoms in total. The molecule has 2 heteroatoms. The van der Waals surface area contributed by atoms with Gasteiger partial charge in [0, 0.05) is 12.8 Å². The fraction of sp³-hybridized carbons (Fsp3) is 0.667. The number of aldehydes is 1. The predicted octanol–water partition coefficient (Wildman–Crippen LogP) is 2.24. The quantitative estimate of drug-likeness (QED) is 0.273. The van der Waals surface area contributed by atoms with Crippen molar-refractivity contribution in [2.45, 2.75) is 38.9 Å². The number of carbonyl (C=O) groups excluding carboxylic acids is 1. The van der Waals surface area contributed by atoms with Crippen LogP contribution in [0.15, 0.2) is 0 Å².